The molecule has 0 aromatic heterocycles. The Bertz CT molecular complexity index is 705. The minimum absolute atomic E-state index is 0.498. The van der Waals surface area contributed by atoms with Crippen LogP contribution in [0.2, 0.25) is 5.02 Å². The molecule has 3 aromatic carbocycles. The van der Waals surface area contributed by atoms with Gasteiger partial charge >= 0.3 is 0 Å². The minimum atomic E-state index is 0.498. The van der Waals surface area contributed by atoms with Gasteiger partial charge < -0.3 is 4.74 Å². The number of benzene rings is 3. The van der Waals surface area contributed by atoms with Crippen LogP contribution in [0.4, 0.5) is 0 Å². The second kappa shape index (κ2) is 6.47. The summed E-state index contributed by atoms with van der Waals surface area (Å²) in [5.41, 5.74) is 3.25. The molecule has 0 amide bonds. The molecule has 0 aliphatic rings. The zero-order valence-corrected chi connectivity index (χ0v) is 12.2. The third kappa shape index (κ3) is 3.45. The summed E-state index contributed by atoms with van der Waals surface area (Å²) in [6.07, 6.45) is 0. The molecule has 0 bridgehead atoms. The maximum atomic E-state index is 5.92. The summed E-state index contributed by atoms with van der Waals surface area (Å²) in [6.45, 7) is 0.498. The van der Waals surface area contributed by atoms with Crippen LogP contribution in [0.25, 0.3) is 11.1 Å². The van der Waals surface area contributed by atoms with Gasteiger partial charge in [0, 0.05) is 16.7 Å². The quantitative estimate of drug-likeness (QED) is 0.627. The fourth-order valence-electron chi connectivity index (χ4n) is 2.12. The molecule has 0 saturated carbocycles. The van der Waals surface area contributed by atoms with Crippen LogP contribution >= 0.6 is 11.6 Å². The highest BCUT2D eigenvalue weighted by atomic mass is 35.5. The Kier molecular flexibility index (Phi) is 4.23. The molecular formula is C19H14ClO. The van der Waals surface area contributed by atoms with Crippen molar-refractivity contribution in [2.24, 2.45) is 0 Å². The highest BCUT2D eigenvalue weighted by Gasteiger charge is 2.05. The summed E-state index contributed by atoms with van der Waals surface area (Å²) in [7, 11) is 0. The average molecular weight is 294 g/mol. The molecule has 3 rings (SSSR count). The van der Waals surface area contributed by atoms with Crippen LogP contribution in [0.3, 0.4) is 0 Å². The van der Waals surface area contributed by atoms with Crippen molar-refractivity contribution in [1.29, 1.82) is 0 Å². The molecule has 2 heteroatoms. The Labute approximate surface area is 129 Å². The monoisotopic (exact) mass is 293 g/mol. The lowest BCUT2D eigenvalue weighted by atomic mass is 10.1. The van der Waals surface area contributed by atoms with E-state index in [9.17, 15) is 0 Å². The second-order valence-corrected chi connectivity index (χ2v) is 5.13. The van der Waals surface area contributed by atoms with E-state index in [-0.39, 0.29) is 0 Å². The van der Waals surface area contributed by atoms with E-state index in [0.717, 1.165) is 27.5 Å². The van der Waals surface area contributed by atoms with E-state index in [0.29, 0.717) is 6.61 Å². The lowest BCUT2D eigenvalue weighted by Gasteiger charge is -2.11. The van der Waals surface area contributed by atoms with Gasteiger partial charge in [-0.15, -0.1) is 0 Å². The topological polar surface area (TPSA) is 9.23 Å². The van der Waals surface area contributed by atoms with E-state index in [2.05, 4.69) is 18.2 Å². The largest absolute Gasteiger partial charge is 0.488 e. The zero-order valence-electron chi connectivity index (χ0n) is 11.4. The summed E-state index contributed by atoms with van der Waals surface area (Å²) >= 11 is 5.89. The number of halogens is 1. The van der Waals surface area contributed by atoms with Gasteiger partial charge in [0.25, 0.3) is 0 Å². The number of rotatable bonds is 4. The lowest BCUT2D eigenvalue weighted by molar-refractivity contribution is 0.307. The van der Waals surface area contributed by atoms with Crippen LogP contribution in [-0.2, 0) is 6.61 Å². The van der Waals surface area contributed by atoms with E-state index in [1.807, 2.05) is 60.7 Å². The van der Waals surface area contributed by atoms with E-state index in [4.69, 9.17) is 16.3 Å². The standard InChI is InChI=1S/C19H14ClO/c20-17-12-10-15(11-13-17)14-21-19-9-5-4-8-18(19)16-6-2-1-3-7-16/h1-8,10-13H,14H2. The predicted molar refractivity (Wildman–Crippen MR) is 86.5 cm³/mol. The van der Waals surface area contributed by atoms with Crippen molar-refractivity contribution in [3.8, 4) is 16.9 Å². The molecule has 0 unspecified atom stereocenters. The van der Waals surface area contributed by atoms with Crippen LogP contribution in [0.1, 0.15) is 5.56 Å². The minimum Gasteiger partial charge on any atom is -0.488 e. The predicted octanol–water partition coefficient (Wildman–Crippen LogP) is 5.39. The van der Waals surface area contributed by atoms with Gasteiger partial charge in [-0.3, -0.25) is 0 Å². The summed E-state index contributed by atoms with van der Waals surface area (Å²) in [6, 6.07) is 26.9. The smallest absolute Gasteiger partial charge is 0.135 e. The molecule has 103 valence electrons. The third-order valence-corrected chi connectivity index (χ3v) is 3.45. The van der Waals surface area contributed by atoms with E-state index in [1.54, 1.807) is 0 Å². The zero-order chi connectivity index (χ0) is 14.5. The lowest BCUT2D eigenvalue weighted by Crippen LogP contribution is -1.97. The maximum absolute atomic E-state index is 5.92. The van der Waals surface area contributed by atoms with Gasteiger partial charge in [0.1, 0.15) is 12.4 Å². The third-order valence-electron chi connectivity index (χ3n) is 3.20. The van der Waals surface area contributed by atoms with Crippen molar-refractivity contribution in [2.75, 3.05) is 0 Å². The second-order valence-electron chi connectivity index (χ2n) is 4.69. The molecule has 0 N–H and O–H groups in total. The van der Waals surface area contributed by atoms with Gasteiger partial charge in [0.05, 0.1) is 0 Å². The van der Waals surface area contributed by atoms with Crippen LogP contribution in [0, 0.1) is 6.07 Å². The fraction of sp³-hybridized carbons (Fsp3) is 0.0526. The van der Waals surface area contributed by atoms with Crippen molar-refractivity contribution >= 4 is 11.6 Å². The van der Waals surface area contributed by atoms with Crippen molar-refractivity contribution in [2.45, 2.75) is 6.61 Å². The van der Waals surface area contributed by atoms with E-state index >= 15 is 0 Å². The van der Waals surface area contributed by atoms with Gasteiger partial charge in [-0.05, 0) is 23.3 Å². The van der Waals surface area contributed by atoms with Gasteiger partial charge in [-0.25, -0.2) is 0 Å². The summed E-state index contributed by atoms with van der Waals surface area (Å²) in [5, 5.41) is 0.731. The molecule has 0 fully saturated rings. The Balaban J connectivity index is 1.81. The molecule has 1 nitrogen and oxygen atoms in total. The Morgan fingerprint density at radius 1 is 0.857 bits per heavy atom. The van der Waals surface area contributed by atoms with E-state index < -0.39 is 0 Å². The van der Waals surface area contributed by atoms with E-state index in [1.165, 1.54) is 0 Å². The van der Waals surface area contributed by atoms with Gasteiger partial charge in [-0.2, -0.15) is 0 Å². The van der Waals surface area contributed by atoms with Gasteiger partial charge in [-0.1, -0.05) is 72.3 Å². The molecular weight excluding hydrogens is 280 g/mol. The van der Waals surface area contributed by atoms with Gasteiger partial charge in [0.2, 0.25) is 0 Å². The number of hydrogen-bond donors (Lipinski definition) is 0. The number of para-hydroxylation sites is 1. The molecule has 0 aliphatic carbocycles. The maximum Gasteiger partial charge on any atom is 0.135 e. The van der Waals surface area contributed by atoms with Crippen molar-refractivity contribution < 1.29 is 4.74 Å². The summed E-state index contributed by atoms with van der Waals surface area (Å²) in [4.78, 5) is 0. The highest BCUT2D eigenvalue weighted by Crippen LogP contribution is 2.29. The first-order chi connectivity index (χ1) is 10.3. The Morgan fingerprint density at radius 2 is 1.62 bits per heavy atom. The molecule has 1 radical (unpaired) electrons. The molecule has 3 aromatic rings. The fourth-order valence-corrected chi connectivity index (χ4v) is 2.25. The summed E-state index contributed by atoms with van der Waals surface area (Å²) < 4.78 is 5.92. The van der Waals surface area contributed by atoms with Crippen LogP contribution in [-0.4, -0.2) is 0 Å². The average Bonchev–Trinajstić information content (AvgIpc) is 2.55. The first kappa shape index (κ1) is 13.7. The first-order valence-corrected chi connectivity index (χ1v) is 7.14. The molecule has 0 aliphatic heterocycles. The summed E-state index contributed by atoms with van der Waals surface area (Å²) in [5.74, 6) is 0.763. The molecule has 0 atom stereocenters. The van der Waals surface area contributed by atoms with Gasteiger partial charge in [0.15, 0.2) is 0 Å². The van der Waals surface area contributed by atoms with Crippen LogP contribution in [0.5, 0.6) is 5.75 Å². The Hall–Kier alpha value is -2.25. The first-order valence-electron chi connectivity index (χ1n) is 6.76. The van der Waals surface area contributed by atoms with Crippen molar-refractivity contribution in [3.63, 3.8) is 0 Å². The molecule has 0 saturated heterocycles. The normalized spacial score (nSPS) is 10.3. The number of hydrogen-bond acceptors (Lipinski definition) is 1. The molecule has 0 heterocycles. The molecule has 0 spiro atoms. The molecule has 21 heavy (non-hydrogen) atoms. The van der Waals surface area contributed by atoms with Crippen LogP contribution in [0.15, 0.2) is 72.8 Å². The van der Waals surface area contributed by atoms with Crippen LogP contribution < -0.4 is 4.74 Å². The van der Waals surface area contributed by atoms with Crippen molar-refractivity contribution in [1.82, 2.24) is 0 Å². The van der Waals surface area contributed by atoms with Crippen molar-refractivity contribution in [3.05, 3.63) is 89.4 Å². The number of ether oxygens (including phenoxy) is 1. The highest BCUT2D eigenvalue weighted by molar-refractivity contribution is 6.30. The SMILES string of the molecule is Clc1ccc(COc2[c]cccc2-c2ccccc2)cc1. The Morgan fingerprint density at radius 3 is 2.38 bits per heavy atom.